The van der Waals surface area contributed by atoms with Crippen molar-refractivity contribution in [3.8, 4) is 0 Å². The summed E-state index contributed by atoms with van der Waals surface area (Å²) in [7, 11) is -2.42. The fourth-order valence-corrected chi connectivity index (χ4v) is 5.99. The Balaban J connectivity index is 1.93. The van der Waals surface area contributed by atoms with Crippen LogP contribution in [0.2, 0.25) is 49.9 Å². The second-order valence-corrected chi connectivity index (χ2v) is 22.9. The summed E-state index contributed by atoms with van der Waals surface area (Å²) in [5.74, 6) is 0.198. The minimum absolute atomic E-state index is 0.0475. The summed E-state index contributed by atoms with van der Waals surface area (Å²) < 4.78 is 5.77. The van der Waals surface area contributed by atoms with Gasteiger partial charge in [0.2, 0.25) is 5.91 Å². The third-order valence-corrected chi connectivity index (χ3v) is 14.2. The first-order valence-electron chi connectivity index (χ1n) is 11.0. The van der Waals surface area contributed by atoms with Crippen LogP contribution in [-0.2, 0) is 9.53 Å². The molecular weight excluding hydrogens is 382 g/mol. The van der Waals surface area contributed by atoms with E-state index in [1.807, 2.05) is 6.21 Å². The summed E-state index contributed by atoms with van der Waals surface area (Å²) in [5.41, 5.74) is 0. The molecule has 0 spiro atoms. The summed E-state index contributed by atoms with van der Waals surface area (Å²) in [6.07, 6.45) is 4.08. The van der Waals surface area contributed by atoms with Gasteiger partial charge in [0.1, 0.15) is 6.73 Å². The number of fused-ring (bicyclic) bond motifs is 1. The van der Waals surface area contributed by atoms with Crippen LogP contribution >= 0.6 is 0 Å². The Kier molecular flexibility index (Phi) is 7.73. The number of carbonyl (C=O) groups excluding carboxylic acids is 1. The SMILES string of the molecule is CC(C)(C)[Si](C)(C)CCN1CCCC2C(=O)N(COCC[Si](C)(C)C)N=CC21. The number of rotatable bonds is 8. The highest BCUT2D eigenvalue weighted by Crippen LogP contribution is 2.39. The Hall–Kier alpha value is -0.506. The topological polar surface area (TPSA) is 45.1 Å². The summed E-state index contributed by atoms with van der Waals surface area (Å²) >= 11 is 0. The summed E-state index contributed by atoms with van der Waals surface area (Å²) in [5, 5.41) is 6.45. The van der Waals surface area contributed by atoms with Crippen LogP contribution in [0.3, 0.4) is 0 Å². The van der Waals surface area contributed by atoms with Gasteiger partial charge in [-0.25, -0.2) is 5.01 Å². The molecule has 1 fully saturated rings. The Bertz CT molecular complexity index is 567. The van der Waals surface area contributed by atoms with Gasteiger partial charge in [-0.05, 0) is 43.1 Å². The Morgan fingerprint density at radius 1 is 1.18 bits per heavy atom. The Morgan fingerprint density at radius 2 is 1.86 bits per heavy atom. The van der Waals surface area contributed by atoms with Crippen molar-refractivity contribution in [2.24, 2.45) is 11.0 Å². The van der Waals surface area contributed by atoms with E-state index in [1.54, 1.807) is 5.01 Å². The highest BCUT2D eigenvalue weighted by molar-refractivity contribution is 6.80. The van der Waals surface area contributed by atoms with Gasteiger partial charge in [0.25, 0.3) is 0 Å². The van der Waals surface area contributed by atoms with Gasteiger partial charge < -0.3 is 4.74 Å². The lowest BCUT2D eigenvalue weighted by molar-refractivity contribution is -0.145. The molecular formula is C21H43N3O2Si2. The molecule has 1 amide bonds. The second kappa shape index (κ2) is 9.10. The average Bonchev–Trinajstić information content (AvgIpc) is 2.57. The predicted molar refractivity (Wildman–Crippen MR) is 124 cm³/mol. The number of hydrogen-bond donors (Lipinski definition) is 0. The highest BCUT2D eigenvalue weighted by atomic mass is 28.3. The van der Waals surface area contributed by atoms with E-state index in [2.05, 4.69) is 63.5 Å². The first kappa shape index (κ1) is 23.8. The minimum atomic E-state index is -1.31. The van der Waals surface area contributed by atoms with Crippen molar-refractivity contribution in [1.82, 2.24) is 9.91 Å². The molecule has 0 aliphatic carbocycles. The molecule has 2 atom stereocenters. The van der Waals surface area contributed by atoms with Crippen molar-refractivity contribution in [3.63, 3.8) is 0 Å². The number of amides is 1. The largest absolute Gasteiger partial charge is 0.359 e. The molecule has 2 unspecified atom stereocenters. The number of nitrogens with zero attached hydrogens (tertiary/aromatic N) is 3. The van der Waals surface area contributed by atoms with Crippen LogP contribution in [0.4, 0.5) is 0 Å². The molecule has 2 aliphatic rings. The minimum Gasteiger partial charge on any atom is -0.359 e. The van der Waals surface area contributed by atoms with Crippen molar-refractivity contribution >= 4 is 28.3 Å². The maximum Gasteiger partial charge on any atom is 0.249 e. The molecule has 2 heterocycles. The number of ether oxygens (including phenoxy) is 1. The van der Waals surface area contributed by atoms with Gasteiger partial charge in [-0.2, -0.15) is 5.10 Å². The molecule has 162 valence electrons. The molecule has 0 saturated carbocycles. The number of piperidine rings is 1. The van der Waals surface area contributed by atoms with Crippen molar-refractivity contribution in [1.29, 1.82) is 0 Å². The van der Waals surface area contributed by atoms with Crippen LogP contribution in [0.5, 0.6) is 0 Å². The maximum atomic E-state index is 13.0. The molecule has 0 N–H and O–H groups in total. The van der Waals surface area contributed by atoms with Crippen LogP contribution in [0.1, 0.15) is 33.6 Å². The standard InChI is InChI=1S/C21H43N3O2Si2/c1-21(2,3)28(7,8)14-12-23-11-9-10-18-19(23)16-22-24(20(18)25)17-26-13-15-27(4,5)6/h16,18-19H,9-15,17H2,1-8H3. The molecule has 0 bridgehead atoms. The lowest BCUT2D eigenvalue weighted by Gasteiger charge is -2.44. The Morgan fingerprint density at radius 3 is 2.46 bits per heavy atom. The van der Waals surface area contributed by atoms with Crippen LogP contribution in [0.15, 0.2) is 5.10 Å². The van der Waals surface area contributed by atoms with Crippen LogP contribution in [0.25, 0.3) is 0 Å². The summed E-state index contributed by atoms with van der Waals surface area (Å²) in [6, 6.07) is 2.56. The number of hydrogen-bond acceptors (Lipinski definition) is 4. The average molecular weight is 426 g/mol. The summed E-state index contributed by atoms with van der Waals surface area (Å²) in [4.78, 5) is 15.5. The zero-order valence-corrected chi connectivity index (χ0v) is 21.5. The van der Waals surface area contributed by atoms with E-state index in [0.717, 1.165) is 38.6 Å². The Labute approximate surface area is 174 Å². The van der Waals surface area contributed by atoms with Crippen molar-refractivity contribution in [2.45, 2.75) is 89.5 Å². The number of likely N-dealkylation sites (tertiary alicyclic amines) is 1. The summed E-state index contributed by atoms with van der Waals surface area (Å²) in [6.45, 7) is 22.3. The van der Waals surface area contributed by atoms with Gasteiger partial charge in [-0.1, -0.05) is 53.5 Å². The van der Waals surface area contributed by atoms with E-state index >= 15 is 0 Å². The lowest BCUT2D eigenvalue weighted by atomic mass is 9.88. The predicted octanol–water partition coefficient (Wildman–Crippen LogP) is 4.72. The number of hydrazone groups is 1. The van der Waals surface area contributed by atoms with Gasteiger partial charge in [-0.3, -0.25) is 9.69 Å². The first-order valence-corrected chi connectivity index (χ1v) is 17.9. The molecule has 5 nitrogen and oxygen atoms in total. The molecule has 28 heavy (non-hydrogen) atoms. The van der Waals surface area contributed by atoms with Gasteiger partial charge in [0.15, 0.2) is 0 Å². The number of carbonyl (C=O) groups is 1. The molecule has 1 saturated heterocycles. The van der Waals surface area contributed by atoms with Gasteiger partial charge in [0, 0.05) is 20.9 Å². The van der Waals surface area contributed by atoms with Crippen molar-refractivity contribution in [3.05, 3.63) is 0 Å². The zero-order valence-electron chi connectivity index (χ0n) is 19.5. The molecule has 7 heteroatoms. The normalized spacial score (nSPS) is 24.6. The van der Waals surface area contributed by atoms with Gasteiger partial charge in [-0.15, -0.1) is 0 Å². The van der Waals surface area contributed by atoms with Crippen LogP contribution < -0.4 is 0 Å². The van der Waals surface area contributed by atoms with Gasteiger partial charge >= 0.3 is 0 Å². The van der Waals surface area contributed by atoms with E-state index in [4.69, 9.17) is 4.74 Å². The van der Waals surface area contributed by atoms with Crippen molar-refractivity contribution < 1.29 is 9.53 Å². The highest BCUT2D eigenvalue weighted by Gasteiger charge is 2.41. The zero-order chi connectivity index (χ0) is 21.2. The third-order valence-electron chi connectivity index (χ3n) is 6.99. The molecule has 0 aromatic rings. The monoisotopic (exact) mass is 425 g/mol. The van der Waals surface area contributed by atoms with Crippen molar-refractivity contribution in [2.75, 3.05) is 26.4 Å². The van der Waals surface area contributed by atoms with E-state index in [1.165, 1.54) is 6.04 Å². The van der Waals surface area contributed by atoms with E-state index < -0.39 is 16.1 Å². The van der Waals surface area contributed by atoms with Gasteiger partial charge in [0.05, 0.1) is 20.0 Å². The quantitative estimate of drug-likeness (QED) is 0.418. The fraction of sp³-hybridized carbons (Fsp3) is 0.905. The maximum absolute atomic E-state index is 13.0. The first-order chi connectivity index (χ1) is 12.8. The van der Waals surface area contributed by atoms with E-state index in [-0.39, 0.29) is 17.9 Å². The fourth-order valence-electron chi connectivity index (χ4n) is 3.64. The molecule has 2 rings (SSSR count). The van der Waals surface area contributed by atoms with Crippen LogP contribution in [-0.4, -0.2) is 70.6 Å². The third kappa shape index (κ3) is 6.24. The molecule has 0 radical (unpaired) electrons. The van der Waals surface area contributed by atoms with E-state index in [0.29, 0.717) is 11.8 Å². The molecule has 0 aromatic heterocycles. The van der Waals surface area contributed by atoms with E-state index in [9.17, 15) is 4.79 Å². The molecule has 2 aliphatic heterocycles. The van der Waals surface area contributed by atoms with Crippen LogP contribution in [0, 0.1) is 5.92 Å². The molecule has 0 aromatic carbocycles. The smallest absolute Gasteiger partial charge is 0.249 e. The lowest BCUT2D eigenvalue weighted by Crippen LogP contribution is -2.56. The second-order valence-electron chi connectivity index (χ2n) is 11.5.